The van der Waals surface area contributed by atoms with Crippen molar-refractivity contribution in [3.63, 3.8) is 0 Å². The first-order valence-electron chi connectivity index (χ1n) is 7.17. The van der Waals surface area contributed by atoms with E-state index in [1.54, 1.807) is 18.2 Å². The summed E-state index contributed by atoms with van der Waals surface area (Å²) in [5.41, 5.74) is 5.09. The highest BCUT2D eigenvalue weighted by molar-refractivity contribution is 6.03. The summed E-state index contributed by atoms with van der Waals surface area (Å²) in [6, 6.07) is 6.54. The summed E-state index contributed by atoms with van der Waals surface area (Å²) in [6.07, 6.45) is 4.18. The van der Waals surface area contributed by atoms with Crippen LogP contribution in [0.2, 0.25) is 0 Å². The average Bonchev–Trinajstić information content (AvgIpc) is 3.34. The smallest absolute Gasteiger partial charge is 0.272 e. The quantitative estimate of drug-likeness (QED) is 0.865. The molecule has 0 unspecified atom stereocenters. The number of hydrogen-bond donors (Lipinski definition) is 2. The minimum absolute atomic E-state index is 0.121. The van der Waals surface area contributed by atoms with Crippen molar-refractivity contribution < 1.29 is 14.0 Å². The second-order valence-corrected chi connectivity index (χ2v) is 5.56. The van der Waals surface area contributed by atoms with Crippen LogP contribution in [0.3, 0.4) is 0 Å². The van der Waals surface area contributed by atoms with Crippen molar-refractivity contribution in [2.45, 2.75) is 18.3 Å². The Hall–Kier alpha value is -2.83. The molecule has 1 fully saturated rings. The van der Waals surface area contributed by atoms with E-state index in [1.165, 1.54) is 18.5 Å². The van der Waals surface area contributed by atoms with Crippen molar-refractivity contribution in [2.75, 3.05) is 6.54 Å². The molecule has 1 saturated carbocycles. The Morgan fingerprint density at radius 1 is 1.17 bits per heavy atom. The third-order valence-corrected chi connectivity index (χ3v) is 4.03. The Bertz CT molecular complexity index is 774. The predicted molar refractivity (Wildman–Crippen MR) is 80.2 cm³/mol. The lowest BCUT2D eigenvalue weighted by molar-refractivity contribution is 0.0925. The molecule has 2 aromatic rings. The fourth-order valence-electron chi connectivity index (χ4n) is 2.60. The van der Waals surface area contributed by atoms with Crippen LogP contribution in [0.5, 0.6) is 0 Å². The molecule has 6 nitrogen and oxygen atoms in total. The van der Waals surface area contributed by atoms with Gasteiger partial charge in [-0.15, -0.1) is 0 Å². The first kappa shape index (κ1) is 15.1. The Labute approximate surface area is 131 Å². The standard InChI is InChI=1S/C16H15FN4O2/c17-11-4-2-1-3-10(11)16(5-6-16)9-21-15(23)13-12(14(18)22)19-7-8-20-13/h1-4,7-8H,5-6,9H2,(H2,18,22)(H,21,23). The molecule has 0 radical (unpaired) electrons. The van der Waals surface area contributed by atoms with Gasteiger partial charge in [0.25, 0.3) is 11.8 Å². The zero-order valence-electron chi connectivity index (χ0n) is 12.3. The van der Waals surface area contributed by atoms with Gasteiger partial charge in [-0.05, 0) is 24.5 Å². The zero-order chi connectivity index (χ0) is 16.4. The number of nitrogens with zero attached hydrogens (tertiary/aromatic N) is 2. The number of amides is 2. The van der Waals surface area contributed by atoms with E-state index in [0.717, 1.165) is 12.8 Å². The molecule has 2 amide bonds. The number of hydrogen-bond acceptors (Lipinski definition) is 4. The summed E-state index contributed by atoms with van der Waals surface area (Å²) in [5.74, 6) is -1.65. The second kappa shape index (κ2) is 5.75. The van der Waals surface area contributed by atoms with Crippen LogP contribution in [0, 0.1) is 5.82 Å². The molecule has 0 bridgehead atoms. The fourth-order valence-corrected chi connectivity index (χ4v) is 2.60. The number of carbonyl (C=O) groups excluding carboxylic acids is 2. The number of rotatable bonds is 5. The molecule has 7 heteroatoms. The monoisotopic (exact) mass is 314 g/mol. The number of nitrogens with one attached hydrogen (secondary N) is 1. The van der Waals surface area contributed by atoms with Crippen LogP contribution in [-0.2, 0) is 5.41 Å². The lowest BCUT2D eigenvalue weighted by Crippen LogP contribution is -2.35. The number of primary amides is 1. The van der Waals surface area contributed by atoms with Crippen molar-refractivity contribution in [2.24, 2.45) is 5.73 Å². The molecule has 1 aliphatic rings. The maximum absolute atomic E-state index is 13.9. The highest BCUT2D eigenvalue weighted by Gasteiger charge is 2.46. The number of nitrogens with two attached hydrogens (primary N) is 1. The van der Waals surface area contributed by atoms with E-state index < -0.39 is 17.2 Å². The fraction of sp³-hybridized carbons (Fsp3) is 0.250. The van der Waals surface area contributed by atoms with Gasteiger partial charge >= 0.3 is 0 Å². The number of halogens is 1. The zero-order valence-corrected chi connectivity index (χ0v) is 12.3. The van der Waals surface area contributed by atoms with Gasteiger partial charge in [0, 0.05) is 24.4 Å². The molecular weight excluding hydrogens is 299 g/mol. The number of carbonyl (C=O) groups is 2. The van der Waals surface area contributed by atoms with E-state index in [2.05, 4.69) is 15.3 Å². The summed E-state index contributed by atoms with van der Waals surface area (Å²) >= 11 is 0. The molecule has 1 heterocycles. The van der Waals surface area contributed by atoms with Crippen molar-refractivity contribution in [3.8, 4) is 0 Å². The molecule has 1 aromatic heterocycles. The van der Waals surface area contributed by atoms with Gasteiger partial charge in [0.05, 0.1) is 0 Å². The first-order valence-corrected chi connectivity index (χ1v) is 7.17. The van der Waals surface area contributed by atoms with E-state index in [0.29, 0.717) is 5.56 Å². The van der Waals surface area contributed by atoms with Gasteiger partial charge in [0.1, 0.15) is 5.82 Å². The molecule has 0 spiro atoms. The highest BCUT2D eigenvalue weighted by Crippen LogP contribution is 2.48. The van der Waals surface area contributed by atoms with Gasteiger partial charge in [-0.3, -0.25) is 9.59 Å². The van der Waals surface area contributed by atoms with Crippen molar-refractivity contribution in [1.82, 2.24) is 15.3 Å². The van der Waals surface area contributed by atoms with Crippen molar-refractivity contribution in [1.29, 1.82) is 0 Å². The van der Waals surface area contributed by atoms with Crippen LogP contribution in [0.4, 0.5) is 4.39 Å². The van der Waals surface area contributed by atoms with Gasteiger partial charge < -0.3 is 11.1 Å². The molecule has 23 heavy (non-hydrogen) atoms. The maximum Gasteiger partial charge on any atom is 0.272 e. The topological polar surface area (TPSA) is 98.0 Å². The number of benzene rings is 1. The largest absolute Gasteiger partial charge is 0.364 e. The van der Waals surface area contributed by atoms with Crippen LogP contribution in [-0.4, -0.2) is 28.3 Å². The van der Waals surface area contributed by atoms with E-state index in [9.17, 15) is 14.0 Å². The molecule has 3 rings (SSSR count). The van der Waals surface area contributed by atoms with E-state index in [4.69, 9.17) is 5.73 Å². The summed E-state index contributed by atoms with van der Waals surface area (Å²) in [4.78, 5) is 31.2. The van der Waals surface area contributed by atoms with Crippen LogP contribution < -0.4 is 11.1 Å². The predicted octanol–water partition coefficient (Wildman–Crippen LogP) is 1.18. The third-order valence-electron chi connectivity index (χ3n) is 4.03. The van der Waals surface area contributed by atoms with E-state index in [1.807, 2.05) is 0 Å². The summed E-state index contributed by atoms with van der Waals surface area (Å²) < 4.78 is 13.9. The van der Waals surface area contributed by atoms with Gasteiger partial charge in [-0.2, -0.15) is 0 Å². The minimum atomic E-state index is -0.821. The molecule has 3 N–H and O–H groups in total. The third kappa shape index (κ3) is 2.90. The van der Waals surface area contributed by atoms with Crippen LogP contribution in [0.15, 0.2) is 36.7 Å². The summed E-state index contributed by atoms with van der Waals surface area (Å²) in [7, 11) is 0. The molecule has 0 saturated heterocycles. The molecule has 1 aromatic carbocycles. The maximum atomic E-state index is 13.9. The highest BCUT2D eigenvalue weighted by atomic mass is 19.1. The van der Waals surface area contributed by atoms with Crippen LogP contribution in [0.25, 0.3) is 0 Å². The normalized spacial score (nSPS) is 15.0. The first-order chi connectivity index (χ1) is 11.0. The lowest BCUT2D eigenvalue weighted by Gasteiger charge is -2.17. The Morgan fingerprint density at radius 3 is 2.43 bits per heavy atom. The Morgan fingerprint density at radius 2 is 1.83 bits per heavy atom. The van der Waals surface area contributed by atoms with Gasteiger partial charge in [-0.1, -0.05) is 18.2 Å². The minimum Gasteiger partial charge on any atom is -0.364 e. The van der Waals surface area contributed by atoms with Gasteiger partial charge in [-0.25, -0.2) is 14.4 Å². The van der Waals surface area contributed by atoms with Gasteiger partial charge in [0.15, 0.2) is 11.4 Å². The Kier molecular flexibility index (Phi) is 3.77. The van der Waals surface area contributed by atoms with E-state index in [-0.39, 0.29) is 23.7 Å². The molecule has 0 aliphatic heterocycles. The van der Waals surface area contributed by atoms with Crippen LogP contribution >= 0.6 is 0 Å². The van der Waals surface area contributed by atoms with Crippen LogP contribution in [0.1, 0.15) is 39.4 Å². The summed E-state index contributed by atoms with van der Waals surface area (Å²) in [5, 5.41) is 2.71. The van der Waals surface area contributed by atoms with Crippen molar-refractivity contribution in [3.05, 3.63) is 59.4 Å². The molecular formula is C16H15FN4O2. The van der Waals surface area contributed by atoms with Gasteiger partial charge in [0.2, 0.25) is 0 Å². The number of aromatic nitrogens is 2. The summed E-state index contributed by atoms with van der Waals surface area (Å²) in [6.45, 7) is 0.265. The van der Waals surface area contributed by atoms with E-state index >= 15 is 0 Å². The average molecular weight is 314 g/mol. The SMILES string of the molecule is NC(=O)c1nccnc1C(=O)NCC1(c2ccccc2F)CC1. The molecule has 118 valence electrons. The lowest BCUT2D eigenvalue weighted by atomic mass is 9.95. The second-order valence-electron chi connectivity index (χ2n) is 5.56. The molecule has 0 atom stereocenters. The van der Waals surface area contributed by atoms with Crippen molar-refractivity contribution >= 4 is 11.8 Å². The molecule has 1 aliphatic carbocycles. The Balaban J connectivity index is 1.76.